The van der Waals surface area contributed by atoms with Crippen LogP contribution in [0.3, 0.4) is 0 Å². The summed E-state index contributed by atoms with van der Waals surface area (Å²) >= 11 is 0. The van der Waals surface area contributed by atoms with E-state index in [0.29, 0.717) is 11.3 Å². The van der Waals surface area contributed by atoms with E-state index in [1.165, 1.54) is 7.11 Å². The Labute approximate surface area is 98.9 Å². The van der Waals surface area contributed by atoms with Crippen molar-refractivity contribution in [3.63, 3.8) is 0 Å². The van der Waals surface area contributed by atoms with Gasteiger partial charge >= 0.3 is 0 Å². The predicted molar refractivity (Wildman–Crippen MR) is 65.6 cm³/mol. The molecular formula is C13H13NO3. The molecule has 88 valence electrons. The summed E-state index contributed by atoms with van der Waals surface area (Å²) in [5.74, 6) is 0.679. The number of nitrogens with two attached hydrogens (primary N) is 1. The van der Waals surface area contributed by atoms with Crippen molar-refractivity contribution in [1.82, 2.24) is 0 Å². The highest BCUT2D eigenvalue weighted by Gasteiger charge is 2.12. The van der Waals surface area contributed by atoms with Gasteiger partial charge in [0.2, 0.25) is 0 Å². The van der Waals surface area contributed by atoms with Gasteiger partial charge in [-0.05, 0) is 23.6 Å². The molecule has 4 nitrogen and oxygen atoms in total. The van der Waals surface area contributed by atoms with Crippen LogP contribution in [0.1, 0.15) is 10.4 Å². The molecule has 0 radical (unpaired) electrons. The molecule has 17 heavy (non-hydrogen) atoms. The molecular weight excluding hydrogens is 218 g/mol. The fraction of sp³-hybridized carbons (Fsp3) is 0.154. The molecule has 0 aliphatic carbocycles. The van der Waals surface area contributed by atoms with Gasteiger partial charge in [0.05, 0.1) is 19.8 Å². The van der Waals surface area contributed by atoms with Crippen LogP contribution >= 0.6 is 0 Å². The van der Waals surface area contributed by atoms with E-state index in [4.69, 9.17) is 15.2 Å². The highest BCUT2D eigenvalue weighted by molar-refractivity contribution is 6.02. The summed E-state index contributed by atoms with van der Waals surface area (Å²) in [6, 6.07) is 9.07. The Morgan fingerprint density at radius 1 is 1.12 bits per heavy atom. The molecule has 0 saturated heterocycles. The van der Waals surface area contributed by atoms with E-state index < -0.39 is 5.91 Å². The highest BCUT2D eigenvalue weighted by Crippen LogP contribution is 2.31. The fourth-order valence-corrected chi connectivity index (χ4v) is 1.82. The summed E-state index contributed by atoms with van der Waals surface area (Å²) in [7, 11) is 3.10. The highest BCUT2D eigenvalue weighted by atomic mass is 16.5. The molecule has 2 aromatic carbocycles. The first-order chi connectivity index (χ1) is 8.17. The number of carbonyl (C=O) groups is 1. The van der Waals surface area contributed by atoms with Gasteiger partial charge < -0.3 is 15.2 Å². The molecule has 0 aliphatic rings. The predicted octanol–water partition coefficient (Wildman–Crippen LogP) is 1.96. The zero-order valence-corrected chi connectivity index (χ0v) is 9.69. The maximum Gasteiger partial charge on any atom is 0.252 e. The molecule has 0 atom stereocenters. The zero-order valence-electron chi connectivity index (χ0n) is 9.69. The molecule has 2 rings (SSSR count). The third-order valence-corrected chi connectivity index (χ3v) is 2.65. The minimum absolute atomic E-state index is 0.369. The van der Waals surface area contributed by atoms with E-state index >= 15 is 0 Å². The SMILES string of the molecule is COc1cc2c(OC)cccc2cc1C(N)=O. The lowest BCUT2D eigenvalue weighted by atomic mass is 10.0. The summed E-state index contributed by atoms with van der Waals surface area (Å²) in [6.45, 7) is 0. The summed E-state index contributed by atoms with van der Waals surface area (Å²) < 4.78 is 10.4. The van der Waals surface area contributed by atoms with Gasteiger partial charge in [0.1, 0.15) is 11.5 Å². The lowest BCUT2D eigenvalue weighted by Gasteiger charge is -2.10. The van der Waals surface area contributed by atoms with Crippen molar-refractivity contribution >= 4 is 16.7 Å². The zero-order chi connectivity index (χ0) is 12.4. The fourth-order valence-electron chi connectivity index (χ4n) is 1.82. The smallest absolute Gasteiger partial charge is 0.252 e. The quantitative estimate of drug-likeness (QED) is 0.878. The van der Waals surface area contributed by atoms with E-state index in [-0.39, 0.29) is 0 Å². The van der Waals surface area contributed by atoms with Crippen molar-refractivity contribution in [1.29, 1.82) is 0 Å². The monoisotopic (exact) mass is 231 g/mol. The summed E-state index contributed by atoms with van der Waals surface area (Å²) in [6.07, 6.45) is 0. The minimum atomic E-state index is -0.508. The number of hydrogen-bond donors (Lipinski definition) is 1. The average Bonchev–Trinajstić information content (AvgIpc) is 2.36. The molecule has 0 aliphatic heterocycles. The van der Waals surface area contributed by atoms with Crippen LogP contribution in [0, 0.1) is 0 Å². The van der Waals surface area contributed by atoms with Gasteiger partial charge in [-0.2, -0.15) is 0 Å². The van der Waals surface area contributed by atoms with Crippen LogP contribution in [0.15, 0.2) is 30.3 Å². The van der Waals surface area contributed by atoms with Gasteiger partial charge in [0, 0.05) is 5.39 Å². The molecule has 0 heterocycles. The second-order valence-electron chi connectivity index (χ2n) is 3.60. The lowest BCUT2D eigenvalue weighted by molar-refractivity contribution is 0.0997. The summed E-state index contributed by atoms with van der Waals surface area (Å²) in [5.41, 5.74) is 5.67. The van der Waals surface area contributed by atoms with Crippen LogP contribution in [0.25, 0.3) is 10.8 Å². The minimum Gasteiger partial charge on any atom is -0.496 e. The first-order valence-electron chi connectivity index (χ1n) is 5.12. The standard InChI is InChI=1S/C13H13NO3/c1-16-11-5-3-4-8-6-10(13(14)15)12(17-2)7-9(8)11/h3-7H,1-2H3,(H2,14,15). The Morgan fingerprint density at radius 3 is 2.41 bits per heavy atom. The molecule has 0 saturated carbocycles. The second kappa shape index (κ2) is 4.33. The molecule has 2 aromatic rings. The molecule has 0 aromatic heterocycles. The largest absolute Gasteiger partial charge is 0.496 e. The third kappa shape index (κ3) is 1.89. The Hall–Kier alpha value is -2.23. The Morgan fingerprint density at radius 2 is 1.82 bits per heavy atom. The van der Waals surface area contributed by atoms with Crippen LogP contribution < -0.4 is 15.2 Å². The number of methoxy groups -OCH3 is 2. The number of ether oxygens (including phenoxy) is 2. The molecule has 2 N–H and O–H groups in total. The van der Waals surface area contributed by atoms with Crippen molar-refractivity contribution in [2.75, 3.05) is 14.2 Å². The number of benzene rings is 2. The number of amides is 1. The molecule has 0 fully saturated rings. The van der Waals surface area contributed by atoms with E-state index in [9.17, 15) is 4.79 Å². The van der Waals surface area contributed by atoms with Crippen molar-refractivity contribution in [2.45, 2.75) is 0 Å². The molecule has 0 bridgehead atoms. The number of carbonyl (C=O) groups excluding carboxylic acids is 1. The van der Waals surface area contributed by atoms with Crippen LogP contribution in [0.4, 0.5) is 0 Å². The average molecular weight is 231 g/mol. The first-order valence-corrected chi connectivity index (χ1v) is 5.12. The van der Waals surface area contributed by atoms with Crippen molar-refractivity contribution in [3.05, 3.63) is 35.9 Å². The maximum absolute atomic E-state index is 11.3. The van der Waals surface area contributed by atoms with Crippen LogP contribution in [-0.2, 0) is 0 Å². The Balaban J connectivity index is 2.78. The summed E-state index contributed by atoms with van der Waals surface area (Å²) in [5, 5.41) is 1.77. The Kier molecular flexibility index (Phi) is 2.87. The van der Waals surface area contributed by atoms with Crippen LogP contribution in [-0.4, -0.2) is 20.1 Å². The normalized spacial score (nSPS) is 10.2. The van der Waals surface area contributed by atoms with Gasteiger partial charge in [-0.3, -0.25) is 4.79 Å². The van der Waals surface area contributed by atoms with Crippen LogP contribution in [0.2, 0.25) is 0 Å². The van der Waals surface area contributed by atoms with Gasteiger partial charge in [0.15, 0.2) is 0 Å². The Bertz CT molecular complexity index is 578. The van der Waals surface area contributed by atoms with E-state index in [2.05, 4.69) is 0 Å². The van der Waals surface area contributed by atoms with Crippen molar-refractivity contribution in [3.8, 4) is 11.5 Å². The molecule has 4 heteroatoms. The van der Waals surface area contributed by atoms with Crippen molar-refractivity contribution < 1.29 is 14.3 Å². The second-order valence-corrected chi connectivity index (χ2v) is 3.60. The number of fused-ring (bicyclic) bond motifs is 1. The maximum atomic E-state index is 11.3. The van der Waals surface area contributed by atoms with Crippen molar-refractivity contribution in [2.24, 2.45) is 5.73 Å². The number of rotatable bonds is 3. The first kappa shape index (κ1) is 11.3. The molecule has 0 unspecified atom stereocenters. The lowest BCUT2D eigenvalue weighted by Crippen LogP contribution is -2.12. The van der Waals surface area contributed by atoms with Crippen LogP contribution in [0.5, 0.6) is 11.5 Å². The van der Waals surface area contributed by atoms with E-state index in [1.807, 2.05) is 18.2 Å². The molecule has 1 amide bonds. The van der Waals surface area contributed by atoms with Gasteiger partial charge in [-0.15, -0.1) is 0 Å². The van der Waals surface area contributed by atoms with Gasteiger partial charge in [-0.25, -0.2) is 0 Å². The number of primary amides is 1. The van der Waals surface area contributed by atoms with E-state index in [0.717, 1.165) is 16.5 Å². The summed E-state index contributed by atoms with van der Waals surface area (Å²) in [4.78, 5) is 11.3. The molecule has 0 spiro atoms. The number of hydrogen-bond acceptors (Lipinski definition) is 3. The van der Waals surface area contributed by atoms with Gasteiger partial charge in [0.25, 0.3) is 5.91 Å². The van der Waals surface area contributed by atoms with Gasteiger partial charge in [-0.1, -0.05) is 12.1 Å². The topological polar surface area (TPSA) is 61.6 Å². The van der Waals surface area contributed by atoms with E-state index in [1.54, 1.807) is 19.2 Å². The third-order valence-electron chi connectivity index (χ3n) is 2.65.